The largest absolute Gasteiger partial charge is 0.466 e. The van der Waals surface area contributed by atoms with Gasteiger partial charge in [0.2, 0.25) is 0 Å². The quantitative estimate of drug-likeness (QED) is 0.145. The van der Waals surface area contributed by atoms with Crippen LogP contribution in [-0.2, 0) is 38.1 Å². The van der Waals surface area contributed by atoms with E-state index in [4.69, 9.17) is 18.9 Å². The first-order chi connectivity index (χ1) is 14.2. The molecule has 10 heteroatoms. The van der Waals surface area contributed by atoms with Crippen LogP contribution in [0.2, 0.25) is 0 Å². The molecule has 0 radical (unpaired) electrons. The average Bonchev–Trinajstić information content (AvgIpc) is 2.64. The molecule has 0 unspecified atom stereocenters. The van der Waals surface area contributed by atoms with Crippen LogP contribution in [0.15, 0.2) is 0 Å². The predicted octanol–water partition coefficient (Wildman–Crippen LogP) is -0.0989. The van der Waals surface area contributed by atoms with Gasteiger partial charge in [-0.2, -0.15) is 5.01 Å². The molecule has 30 heavy (non-hydrogen) atoms. The topological polar surface area (TPSA) is 113 Å². The van der Waals surface area contributed by atoms with Crippen LogP contribution in [0.5, 0.6) is 0 Å². The van der Waals surface area contributed by atoms with Crippen molar-refractivity contribution in [1.29, 1.82) is 0 Å². The second-order valence-electron chi connectivity index (χ2n) is 6.83. The number of rotatable bonds is 17. The molecule has 0 heterocycles. The van der Waals surface area contributed by atoms with Gasteiger partial charge in [-0.05, 0) is 12.8 Å². The first-order valence-corrected chi connectivity index (χ1v) is 10.4. The van der Waals surface area contributed by atoms with E-state index in [1.165, 1.54) is 27.7 Å². The Morgan fingerprint density at radius 1 is 0.567 bits per heavy atom. The average molecular weight is 434 g/mol. The normalized spacial score (nSPS) is 10.7. The fourth-order valence-corrected chi connectivity index (χ4v) is 2.80. The van der Waals surface area contributed by atoms with Crippen molar-refractivity contribution < 1.29 is 43.1 Å². The van der Waals surface area contributed by atoms with Crippen LogP contribution >= 0.6 is 0 Å². The molecule has 0 aliphatic carbocycles. The highest BCUT2D eigenvalue weighted by Gasteiger charge is 2.19. The highest BCUT2D eigenvalue weighted by Crippen LogP contribution is 1.93. The summed E-state index contributed by atoms with van der Waals surface area (Å²) in [6.45, 7) is 9.58. The van der Waals surface area contributed by atoms with Gasteiger partial charge in [0.1, 0.15) is 0 Å². The molecule has 0 aliphatic heterocycles. The van der Waals surface area contributed by atoms with E-state index >= 15 is 0 Å². The molecule has 0 aromatic carbocycles. The third kappa shape index (κ3) is 17.9. The molecule has 0 aromatic heterocycles. The summed E-state index contributed by atoms with van der Waals surface area (Å²) < 4.78 is 20.1. The summed E-state index contributed by atoms with van der Waals surface area (Å²) in [6, 6.07) is 0. The highest BCUT2D eigenvalue weighted by molar-refractivity contribution is 5.66. The number of carbonyl (C=O) groups excluding carboxylic acids is 4. The molecule has 0 bridgehead atoms. The Morgan fingerprint density at radius 2 is 0.867 bits per heavy atom. The maximum atomic E-state index is 11.0. The van der Waals surface area contributed by atoms with Crippen LogP contribution in [0.4, 0.5) is 0 Å². The van der Waals surface area contributed by atoms with Crippen LogP contribution < -0.4 is 5.01 Å². The number of nitrogens with one attached hydrogen (secondary N) is 1. The summed E-state index contributed by atoms with van der Waals surface area (Å²) in [5, 5.41) is 3.33. The minimum atomic E-state index is -0.316. The number of nitrogens with zero attached hydrogens (tertiary/aromatic N) is 1. The number of ether oxygens (including phenoxy) is 4. The van der Waals surface area contributed by atoms with Gasteiger partial charge >= 0.3 is 23.9 Å². The standard InChI is InChI=1S/C20H36N2O8/c1-17(23)27-13-5-9-21(10-6-14-28-18(2)24)22(11-7-15-29-19(3)25)12-8-16-30-20(4)26/h5-16H2,1-4H3/p+1. The number of carbonyl (C=O) groups is 4. The smallest absolute Gasteiger partial charge is 0.302 e. The van der Waals surface area contributed by atoms with Crippen molar-refractivity contribution in [3.63, 3.8) is 0 Å². The molecule has 0 fully saturated rings. The van der Waals surface area contributed by atoms with E-state index in [1.54, 1.807) is 0 Å². The van der Waals surface area contributed by atoms with Gasteiger partial charge in [0.25, 0.3) is 0 Å². The summed E-state index contributed by atoms with van der Waals surface area (Å²) in [5.74, 6) is -1.26. The summed E-state index contributed by atoms with van der Waals surface area (Å²) in [7, 11) is 0. The lowest BCUT2D eigenvalue weighted by molar-refractivity contribution is -1.02. The fourth-order valence-electron chi connectivity index (χ4n) is 2.80. The van der Waals surface area contributed by atoms with Gasteiger partial charge in [-0.1, -0.05) is 0 Å². The zero-order chi connectivity index (χ0) is 22.8. The zero-order valence-corrected chi connectivity index (χ0v) is 18.7. The van der Waals surface area contributed by atoms with Gasteiger partial charge in [0.15, 0.2) is 0 Å². The lowest BCUT2D eigenvalue weighted by atomic mass is 10.3. The molecule has 0 rings (SSSR count). The van der Waals surface area contributed by atoms with Gasteiger partial charge < -0.3 is 18.9 Å². The van der Waals surface area contributed by atoms with Crippen molar-refractivity contribution in [3.8, 4) is 0 Å². The van der Waals surface area contributed by atoms with E-state index in [0.29, 0.717) is 78.3 Å². The van der Waals surface area contributed by atoms with E-state index in [-0.39, 0.29) is 23.9 Å². The Hall–Kier alpha value is -2.20. The monoisotopic (exact) mass is 433 g/mol. The van der Waals surface area contributed by atoms with E-state index < -0.39 is 0 Å². The van der Waals surface area contributed by atoms with Gasteiger partial charge in [-0.25, -0.2) is 0 Å². The van der Waals surface area contributed by atoms with Gasteiger partial charge in [-0.15, -0.1) is 0 Å². The van der Waals surface area contributed by atoms with Crippen molar-refractivity contribution in [2.24, 2.45) is 0 Å². The molecule has 1 N–H and O–H groups in total. The van der Waals surface area contributed by atoms with Crippen molar-refractivity contribution in [2.75, 3.05) is 52.6 Å². The fraction of sp³-hybridized carbons (Fsp3) is 0.800. The minimum absolute atomic E-state index is 0.314. The van der Waals surface area contributed by atoms with Crippen molar-refractivity contribution in [2.45, 2.75) is 53.4 Å². The van der Waals surface area contributed by atoms with E-state index in [0.717, 1.165) is 5.01 Å². The second-order valence-corrected chi connectivity index (χ2v) is 6.83. The lowest BCUT2D eigenvalue weighted by Crippen LogP contribution is -3.18. The first-order valence-electron chi connectivity index (χ1n) is 10.4. The van der Waals surface area contributed by atoms with Crippen molar-refractivity contribution in [1.82, 2.24) is 5.01 Å². The molecule has 10 nitrogen and oxygen atoms in total. The van der Waals surface area contributed by atoms with Crippen LogP contribution in [-0.4, -0.2) is 81.5 Å². The molecule has 0 amide bonds. The Morgan fingerprint density at radius 3 is 1.17 bits per heavy atom. The van der Waals surface area contributed by atoms with Crippen molar-refractivity contribution >= 4 is 23.9 Å². The Balaban J connectivity index is 4.83. The third-order valence-corrected chi connectivity index (χ3v) is 4.03. The Kier molecular flexibility index (Phi) is 16.3. The Labute approximate surface area is 178 Å². The molecule has 0 saturated carbocycles. The third-order valence-electron chi connectivity index (χ3n) is 4.03. The Bertz CT molecular complexity index is 437. The molecule has 0 aromatic rings. The molecule has 0 saturated heterocycles. The van der Waals surface area contributed by atoms with E-state index in [2.05, 4.69) is 5.01 Å². The summed E-state index contributed by atoms with van der Waals surface area (Å²) >= 11 is 0. The molecule has 0 spiro atoms. The molecule has 174 valence electrons. The van der Waals surface area contributed by atoms with E-state index in [1.807, 2.05) is 0 Å². The van der Waals surface area contributed by atoms with Crippen LogP contribution in [0.1, 0.15) is 53.4 Å². The maximum absolute atomic E-state index is 11.0. The highest BCUT2D eigenvalue weighted by atomic mass is 16.5. The number of hydrogen-bond acceptors (Lipinski definition) is 9. The molecular weight excluding hydrogens is 396 g/mol. The lowest BCUT2D eigenvalue weighted by Gasteiger charge is -2.31. The van der Waals surface area contributed by atoms with Gasteiger partial charge in [-0.3, -0.25) is 24.2 Å². The van der Waals surface area contributed by atoms with Gasteiger partial charge in [0, 0.05) is 40.5 Å². The summed E-state index contributed by atoms with van der Waals surface area (Å²) in [5.41, 5.74) is 0. The summed E-state index contributed by atoms with van der Waals surface area (Å²) in [6.07, 6.45) is 2.66. The first kappa shape index (κ1) is 27.8. The molecule has 0 atom stereocenters. The number of esters is 4. The van der Waals surface area contributed by atoms with Crippen LogP contribution in [0, 0.1) is 0 Å². The van der Waals surface area contributed by atoms with Gasteiger partial charge in [0.05, 0.1) is 52.6 Å². The number of hydrogen-bond donors (Lipinski definition) is 1. The summed E-state index contributed by atoms with van der Waals surface area (Å²) in [4.78, 5) is 43.9. The van der Waals surface area contributed by atoms with Crippen molar-refractivity contribution in [3.05, 3.63) is 0 Å². The second kappa shape index (κ2) is 17.6. The molecular formula is C20H37N2O8+. The van der Waals surface area contributed by atoms with E-state index in [9.17, 15) is 19.2 Å². The molecule has 0 aliphatic rings. The number of quaternary nitrogens is 1. The van der Waals surface area contributed by atoms with Crippen LogP contribution in [0.25, 0.3) is 0 Å². The maximum Gasteiger partial charge on any atom is 0.302 e. The predicted molar refractivity (Wildman–Crippen MR) is 107 cm³/mol. The zero-order valence-electron chi connectivity index (χ0n) is 18.7. The minimum Gasteiger partial charge on any atom is -0.466 e. The SMILES string of the molecule is CC(=O)OCCCN(CCCOC(C)=O)[NH+](CCCOC(C)=O)CCCOC(C)=O. The van der Waals surface area contributed by atoms with Crippen LogP contribution in [0.3, 0.4) is 0 Å².